The molecule has 1 atom stereocenters. The lowest BCUT2D eigenvalue weighted by atomic mass is 9.95. The SMILES string of the molecule is O=C(OCc1ccccc1)N1CCCC(F)(C(=O)O)C1. The highest BCUT2D eigenvalue weighted by molar-refractivity contribution is 5.79. The Morgan fingerprint density at radius 2 is 2.05 bits per heavy atom. The van der Waals surface area contributed by atoms with Crippen LogP contribution in [0.4, 0.5) is 9.18 Å². The number of carbonyl (C=O) groups excluding carboxylic acids is 1. The number of aliphatic carboxylic acids is 1. The van der Waals surface area contributed by atoms with E-state index in [4.69, 9.17) is 9.84 Å². The van der Waals surface area contributed by atoms with E-state index in [1.165, 1.54) is 0 Å². The number of nitrogens with zero attached hydrogens (tertiary/aromatic N) is 1. The summed E-state index contributed by atoms with van der Waals surface area (Å²) in [6.07, 6.45) is -0.453. The van der Waals surface area contributed by atoms with Gasteiger partial charge in [-0.05, 0) is 18.4 Å². The minimum absolute atomic E-state index is 0.0786. The first kappa shape index (κ1) is 14.3. The second-order valence-electron chi connectivity index (χ2n) is 4.84. The smallest absolute Gasteiger partial charge is 0.410 e. The lowest BCUT2D eigenvalue weighted by Crippen LogP contribution is -2.52. The van der Waals surface area contributed by atoms with Gasteiger partial charge in [-0.1, -0.05) is 30.3 Å². The van der Waals surface area contributed by atoms with Crippen LogP contribution >= 0.6 is 0 Å². The summed E-state index contributed by atoms with van der Waals surface area (Å²) in [6, 6.07) is 9.10. The Morgan fingerprint density at radius 3 is 2.70 bits per heavy atom. The maximum absolute atomic E-state index is 14.0. The molecule has 1 heterocycles. The van der Waals surface area contributed by atoms with Gasteiger partial charge < -0.3 is 14.7 Å². The van der Waals surface area contributed by atoms with Crippen LogP contribution in [-0.4, -0.2) is 40.8 Å². The number of alkyl halides is 1. The van der Waals surface area contributed by atoms with Gasteiger partial charge in [0.25, 0.3) is 0 Å². The average Bonchev–Trinajstić information content (AvgIpc) is 2.46. The van der Waals surface area contributed by atoms with Gasteiger partial charge in [0.1, 0.15) is 6.61 Å². The van der Waals surface area contributed by atoms with E-state index in [9.17, 15) is 14.0 Å². The first-order valence-corrected chi connectivity index (χ1v) is 6.39. The number of hydrogen-bond donors (Lipinski definition) is 1. The predicted molar refractivity (Wildman–Crippen MR) is 68.9 cm³/mol. The predicted octanol–water partition coefficient (Wildman–Crippen LogP) is 2.21. The molecule has 2 rings (SSSR count). The highest BCUT2D eigenvalue weighted by atomic mass is 19.1. The van der Waals surface area contributed by atoms with Crippen LogP contribution in [0.2, 0.25) is 0 Å². The minimum Gasteiger partial charge on any atom is -0.479 e. The molecule has 1 aliphatic heterocycles. The molecule has 1 N–H and O–H groups in total. The van der Waals surface area contributed by atoms with Crippen LogP contribution < -0.4 is 0 Å². The Balaban J connectivity index is 1.91. The van der Waals surface area contributed by atoms with Gasteiger partial charge in [-0.3, -0.25) is 0 Å². The normalized spacial score (nSPS) is 22.4. The summed E-state index contributed by atoms with van der Waals surface area (Å²) in [7, 11) is 0. The lowest BCUT2D eigenvalue weighted by Gasteiger charge is -2.33. The van der Waals surface area contributed by atoms with E-state index in [1.54, 1.807) is 12.1 Å². The van der Waals surface area contributed by atoms with Crippen LogP contribution in [0.1, 0.15) is 18.4 Å². The minimum atomic E-state index is -2.37. The van der Waals surface area contributed by atoms with Gasteiger partial charge in [-0.2, -0.15) is 0 Å². The van der Waals surface area contributed by atoms with Crippen LogP contribution in [-0.2, 0) is 16.1 Å². The van der Waals surface area contributed by atoms with Crippen molar-refractivity contribution in [1.29, 1.82) is 0 Å². The van der Waals surface area contributed by atoms with Gasteiger partial charge in [-0.15, -0.1) is 0 Å². The number of piperidine rings is 1. The van der Waals surface area contributed by atoms with Crippen LogP contribution in [0.3, 0.4) is 0 Å². The molecule has 1 saturated heterocycles. The number of carbonyl (C=O) groups is 2. The molecule has 0 radical (unpaired) electrons. The van der Waals surface area contributed by atoms with Crippen molar-refractivity contribution in [1.82, 2.24) is 4.90 Å². The van der Waals surface area contributed by atoms with Crippen molar-refractivity contribution in [2.75, 3.05) is 13.1 Å². The second-order valence-corrected chi connectivity index (χ2v) is 4.84. The number of carboxylic acid groups (broad SMARTS) is 1. The van der Waals surface area contributed by atoms with Crippen LogP contribution in [0.5, 0.6) is 0 Å². The fourth-order valence-corrected chi connectivity index (χ4v) is 2.15. The molecule has 0 saturated carbocycles. The molecule has 1 unspecified atom stereocenters. The summed E-state index contributed by atoms with van der Waals surface area (Å²) >= 11 is 0. The van der Waals surface area contributed by atoms with Crippen molar-refractivity contribution in [2.24, 2.45) is 0 Å². The van der Waals surface area contributed by atoms with Gasteiger partial charge in [0.15, 0.2) is 0 Å². The fourth-order valence-electron chi connectivity index (χ4n) is 2.15. The molecule has 0 bridgehead atoms. The number of ether oxygens (including phenoxy) is 1. The molecule has 0 aromatic heterocycles. The lowest BCUT2D eigenvalue weighted by molar-refractivity contribution is -0.154. The Morgan fingerprint density at radius 1 is 1.35 bits per heavy atom. The van der Waals surface area contributed by atoms with E-state index in [-0.39, 0.29) is 13.0 Å². The van der Waals surface area contributed by atoms with Crippen molar-refractivity contribution in [3.8, 4) is 0 Å². The average molecular weight is 281 g/mol. The highest BCUT2D eigenvalue weighted by Crippen LogP contribution is 2.26. The molecule has 108 valence electrons. The Labute approximate surface area is 116 Å². The largest absolute Gasteiger partial charge is 0.479 e. The van der Waals surface area contributed by atoms with Gasteiger partial charge in [0.2, 0.25) is 5.67 Å². The summed E-state index contributed by atoms with van der Waals surface area (Å²) in [6.45, 7) is -0.0644. The van der Waals surface area contributed by atoms with E-state index in [0.717, 1.165) is 10.5 Å². The topological polar surface area (TPSA) is 66.8 Å². The molecule has 1 aromatic carbocycles. The van der Waals surface area contributed by atoms with Gasteiger partial charge >= 0.3 is 12.1 Å². The molecule has 0 spiro atoms. The Kier molecular flexibility index (Phi) is 4.22. The quantitative estimate of drug-likeness (QED) is 0.922. The van der Waals surface area contributed by atoms with E-state index in [0.29, 0.717) is 13.0 Å². The summed E-state index contributed by atoms with van der Waals surface area (Å²) in [4.78, 5) is 23.8. The molecule has 20 heavy (non-hydrogen) atoms. The maximum Gasteiger partial charge on any atom is 0.410 e. The number of amides is 1. The van der Waals surface area contributed by atoms with Crippen molar-refractivity contribution < 1.29 is 23.8 Å². The molecule has 1 fully saturated rings. The van der Waals surface area contributed by atoms with Gasteiger partial charge in [0.05, 0.1) is 6.54 Å². The van der Waals surface area contributed by atoms with Crippen LogP contribution in [0.25, 0.3) is 0 Å². The molecule has 1 aromatic rings. The zero-order valence-corrected chi connectivity index (χ0v) is 10.9. The van der Waals surface area contributed by atoms with Crippen LogP contribution in [0, 0.1) is 0 Å². The van der Waals surface area contributed by atoms with Crippen molar-refractivity contribution in [3.05, 3.63) is 35.9 Å². The summed E-state index contributed by atoms with van der Waals surface area (Å²) in [5.74, 6) is -1.53. The van der Waals surface area contributed by atoms with E-state index in [2.05, 4.69) is 0 Å². The third kappa shape index (κ3) is 3.26. The Hall–Kier alpha value is -2.11. The van der Waals surface area contributed by atoms with Crippen molar-refractivity contribution in [3.63, 3.8) is 0 Å². The van der Waals surface area contributed by atoms with Gasteiger partial charge in [0, 0.05) is 6.54 Å². The zero-order chi connectivity index (χ0) is 14.6. The number of hydrogen-bond acceptors (Lipinski definition) is 3. The Bertz CT molecular complexity index is 493. The fraction of sp³-hybridized carbons (Fsp3) is 0.429. The molecule has 0 aliphatic carbocycles. The monoisotopic (exact) mass is 281 g/mol. The van der Waals surface area contributed by atoms with E-state index < -0.39 is 24.3 Å². The molecule has 6 heteroatoms. The molecular formula is C14H16FNO4. The third-order valence-corrected chi connectivity index (χ3v) is 3.29. The standard InChI is InChI=1S/C14H16FNO4/c15-14(12(17)18)7-4-8-16(10-14)13(19)20-9-11-5-2-1-3-6-11/h1-3,5-6H,4,7-10H2,(H,17,18). The zero-order valence-electron chi connectivity index (χ0n) is 10.9. The van der Waals surface area contributed by atoms with Crippen LogP contribution in [0.15, 0.2) is 30.3 Å². The number of rotatable bonds is 3. The van der Waals surface area contributed by atoms with Crippen molar-refractivity contribution >= 4 is 12.1 Å². The maximum atomic E-state index is 14.0. The first-order chi connectivity index (χ1) is 9.51. The summed E-state index contributed by atoms with van der Waals surface area (Å²) in [5, 5.41) is 8.85. The molecule has 1 amide bonds. The number of carboxylic acids is 1. The number of benzene rings is 1. The van der Waals surface area contributed by atoms with E-state index >= 15 is 0 Å². The van der Waals surface area contributed by atoms with Crippen molar-refractivity contribution in [2.45, 2.75) is 25.1 Å². The molecule has 5 nitrogen and oxygen atoms in total. The highest BCUT2D eigenvalue weighted by Gasteiger charge is 2.44. The number of halogens is 1. The molecular weight excluding hydrogens is 265 g/mol. The second kappa shape index (κ2) is 5.90. The third-order valence-electron chi connectivity index (χ3n) is 3.29. The number of likely N-dealkylation sites (tertiary alicyclic amines) is 1. The van der Waals surface area contributed by atoms with Gasteiger partial charge in [-0.25, -0.2) is 14.0 Å². The summed E-state index contributed by atoms with van der Waals surface area (Å²) < 4.78 is 19.1. The van der Waals surface area contributed by atoms with E-state index in [1.807, 2.05) is 18.2 Å². The molecule has 1 aliphatic rings. The first-order valence-electron chi connectivity index (χ1n) is 6.39. The summed E-state index contributed by atoms with van der Waals surface area (Å²) in [5.41, 5.74) is -1.55.